The third kappa shape index (κ3) is 3920. The van der Waals surface area contributed by atoms with Crippen molar-refractivity contribution in [2.24, 2.45) is 11.5 Å². The van der Waals surface area contributed by atoms with Gasteiger partial charge < -0.3 is 23.8 Å². The zero-order valence-corrected chi connectivity index (χ0v) is 12.4. The highest BCUT2D eigenvalue weighted by atomic mass is 32.3. The monoisotopic (exact) mass is 344 g/mol. The minimum atomic E-state index is -4.67. The lowest BCUT2D eigenvalue weighted by molar-refractivity contribution is 0.378. The minimum absolute atomic E-state index is 0. The van der Waals surface area contributed by atoms with E-state index in [-0.39, 0.29) is 12.3 Å². The molecule has 0 aromatic rings. The van der Waals surface area contributed by atoms with Crippen molar-refractivity contribution < 1.29 is 35.0 Å². The first-order chi connectivity index (χ1) is 7.83. The summed E-state index contributed by atoms with van der Waals surface area (Å²) in [6.07, 6.45) is 3.31. The van der Waals surface area contributed by atoms with Crippen molar-refractivity contribution in [1.29, 1.82) is 0 Å². The molecule has 0 amide bonds. The van der Waals surface area contributed by atoms with E-state index in [0.717, 1.165) is 0 Å². The molecule has 0 atom stereocenters. The van der Waals surface area contributed by atoms with Gasteiger partial charge in [-0.1, -0.05) is 12.2 Å². The van der Waals surface area contributed by atoms with Crippen molar-refractivity contribution >= 4 is 20.8 Å². The Labute approximate surface area is 118 Å². The van der Waals surface area contributed by atoms with Crippen LogP contribution in [0.2, 0.25) is 0 Å². The van der Waals surface area contributed by atoms with Crippen LogP contribution in [0.1, 0.15) is 0 Å². The third-order valence-corrected chi connectivity index (χ3v) is 0.333. The second kappa shape index (κ2) is 23.2. The Kier molecular flexibility index (Phi) is 42.2. The van der Waals surface area contributed by atoms with Crippen molar-refractivity contribution in [2.75, 3.05) is 13.1 Å². The lowest BCUT2D eigenvalue weighted by Crippen LogP contribution is -1.90. The molecule has 12 nitrogen and oxygen atoms in total. The maximum Gasteiger partial charge on any atom is 0.394 e. The summed E-state index contributed by atoms with van der Waals surface area (Å²) < 4.78 is 63.2. The summed E-state index contributed by atoms with van der Waals surface area (Å²) in [5.41, 5.74) is 9.82. The number of hydrogen-bond acceptors (Lipinski definition) is 8. The Morgan fingerprint density at radius 1 is 0.750 bits per heavy atom. The molecule has 14 N–H and O–H groups in total. The van der Waals surface area contributed by atoms with Gasteiger partial charge in [0.15, 0.2) is 0 Å². The molecule has 0 saturated heterocycles. The zero-order valence-electron chi connectivity index (χ0n) is 10.8. The average molecular weight is 344 g/mol. The molecule has 0 radical (unpaired) electrons. The average Bonchev–Trinajstić information content (AvgIpc) is 2.12. The predicted molar refractivity (Wildman–Crippen MR) is 76.9 cm³/mol. The van der Waals surface area contributed by atoms with Crippen molar-refractivity contribution in [2.45, 2.75) is 0 Å². The van der Waals surface area contributed by atoms with Gasteiger partial charge in [-0.05, 0) is 0 Å². The molecule has 0 heterocycles. The number of rotatable bonds is 2. The molecule has 20 heavy (non-hydrogen) atoms. The largest absolute Gasteiger partial charge is 0.394 e. The highest BCUT2D eigenvalue weighted by Gasteiger charge is 1.85. The van der Waals surface area contributed by atoms with E-state index in [9.17, 15) is 0 Å². The SMILES string of the molecule is C=CCN.C=CCN.N.N.O=S(=O)(O)O.O=S(=O)(O)O. The van der Waals surface area contributed by atoms with Crippen LogP contribution in [-0.4, -0.2) is 48.1 Å². The van der Waals surface area contributed by atoms with E-state index < -0.39 is 20.8 Å². The van der Waals surface area contributed by atoms with Gasteiger partial charge in [-0.3, -0.25) is 18.2 Å². The number of nitrogens with two attached hydrogens (primary N) is 2. The van der Waals surface area contributed by atoms with Crippen LogP contribution >= 0.6 is 0 Å². The Bertz CT molecular complexity index is 326. The zero-order chi connectivity index (χ0) is 15.8. The summed E-state index contributed by atoms with van der Waals surface area (Å²) >= 11 is 0. The van der Waals surface area contributed by atoms with E-state index in [4.69, 9.17) is 46.5 Å². The summed E-state index contributed by atoms with van der Waals surface area (Å²) in [4.78, 5) is 0. The molecular weight excluding hydrogens is 320 g/mol. The predicted octanol–water partition coefficient (Wildman–Crippen LogP) is -0.719. The van der Waals surface area contributed by atoms with Crippen LogP contribution in [0.25, 0.3) is 0 Å². The fourth-order valence-corrected chi connectivity index (χ4v) is 0. The van der Waals surface area contributed by atoms with Crippen LogP contribution in [0, 0.1) is 0 Å². The fraction of sp³-hybridized carbons (Fsp3) is 0.333. The Balaban J connectivity index is -0.0000000318. The Morgan fingerprint density at radius 2 is 0.800 bits per heavy atom. The molecule has 0 aromatic heterocycles. The van der Waals surface area contributed by atoms with E-state index in [1.54, 1.807) is 12.2 Å². The molecule has 0 aliphatic carbocycles. The van der Waals surface area contributed by atoms with Crippen molar-refractivity contribution in [3.8, 4) is 0 Å². The molecule has 0 unspecified atom stereocenters. The quantitative estimate of drug-likeness (QED) is 0.227. The molecular formula is C6H24N4O8S2. The van der Waals surface area contributed by atoms with Gasteiger partial charge in [0, 0.05) is 13.1 Å². The molecule has 0 aliphatic rings. The summed E-state index contributed by atoms with van der Waals surface area (Å²) in [6.45, 7) is 7.87. The van der Waals surface area contributed by atoms with Gasteiger partial charge in [0.25, 0.3) is 0 Å². The van der Waals surface area contributed by atoms with Gasteiger partial charge in [0.05, 0.1) is 0 Å². The first-order valence-electron chi connectivity index (χ1n) is 3.85. The molecule has 0 aliphatic heterocycles. The first-order valence-corrected chi connectivity index (χ1v) is 6.64. The topological polar surface area (TPSA) is 271 Å². The summed E-state index contributed by atoms with van der Waals surface area (Å²) in [7, 11) is -9.33. The maximum absolute atomic E-state index is 8.74. The first kappa shape index (κ1) is 36.4. The van der Waals surface area contributed by atoms with E-state index in [1.165, 1.54) is 0 Å². The standard InChI is InChI=1S/2C3H7N.2H3N.2H2O4S/c2*1-2-3-4;;;2*1-5(2,3)4/h2*2H,1,3-4H2;2*1H3;2*(H2,1,2,3,4). The third-order valence-electron chi connectivity index (χ3n) is 0.333. The maximum atomic E-state index is 8.74. The van der Waals surface area contributed by atoms with E-state index in [2.05, 4.69) is 13.2 Å². The van der Waals surface area contributed by atoms with Crippen molar-refractivity contribution in [3.63, 3.8) is 0 Å². The second-order valence-electron chi connectivity index (χ2n) is 1.94. The highest BCUT2D eigenvalue weighted by Crippen LogP contribution is 1.59. The van der Waals surface area contributed by atoms with Crippen LogP contribution < -0.4 is 23.8 Å². The van der Waals surface area contributed by atoms with Crippen LogP contribution in [0.5, 0.6) is 0 Å². The lowest BCUT2D eigenvalue weighted by atomic mass is 10.7. The lowest BCUT2D eigenvalue weighted by Gasteiger charge is -1.68. The molecule has 14 heteroatoms. The van der Waals surface area contributed by atoms with Crippen molar-refractivity contribution in [3.05, 3.63) is 25.3 Å². The Morgan fingerprint density at radius 3 is 0.800 bits per heavy atom. The van der Waals surface area contributed by atoms with Crippen molar-refractivity contribution in [1.82, 2.24) is 12.3 Å². The van der Waals surface area contributed by atoms with Gasteiger partial charge in [0.1, 0.15) is 0 Å². The van der Waals surface area contributed by atoms with Gasteiger partial charge in [-0.2, -0.15) is 16.8 Å². The van der Waals surface area contributed by atoms with Gasteiger partial charge in [0.2, 0.25) is 0 Å². The molecule has 0 spiro atoms. The van der Waals surface area contributed by atoms with E-state index in [0.29, 0.717) is 13.1 Å². The van der Waals surface area contributed by atoms with Crippen LogP contribution in [0.4, 0.5) is 0 Å². The molecule has 0 aromatic carbocycles. The molecule has 0 rings (SSSR count). The Hall–Kier alpha value is -0.940. The minimum Gasteiger partial charge on any atom is -0.344 e. The van der Waals surface area contributed by atoms with Gasteiger partial charge >= 0.3 is 20.8 Å². The number of hydrogen-bond donors (Lipinski definition) is 8. The van der Waals surface area contributed by atoms with Crippen LogP contribution in [-0.2, 0) is 20.8 Å². The highest BCUT2D eigenvalue weighted by molar-refractivity contribution is 7.80. The summed E-state index contributed by atoms with van der Waals surface area (Å²) in [5.74, 6) is 0. The summed E-state index contributed by atoms with van der Waals surface area (Å²) in [6, 6.07) is 0. The molecule has 0 saturated carbocycles. The van der Waals surface area contributed by atoms with Gasteiger partial charge in [-0.25, -0.2) is 0 Å². The summed E-state index contributed by atoms with van der Waals surface area (Å²) in [5, 5.41) is 0. The fourth-order valence-electron chi connectivity index (χ4n) is 0. The molecule has 128 valence electrons. The van der Waals surface area contributed by atoms with E-state index >= 15 is 0 Å². The smallest absolute Gasteiger partial charge is 0.344 e. The van der Waals surface area contributed by atoms with Crippen LogP contribution in [0.15, 0.2) is 25.3 Å². The molecule has 0 bridgehead atoms. The van der Waals surface area contributed by atoms with E-state index in [1.807, 2.05) is 0 Å². The molecule has 0 fully saturated rings. The van der Waals surface area contributed by atoms with Gasteiger partial charge in [-0.15, -0.1) is 13.2 Å². The second-order valence-corrected chi connectivity index (χ2v) is 3.74. The normalized spacial score (nSPS) is 8.30. The van der Waals surface area contributed by atoms with Crippen LogP contribution in [0.3, 0.4) is 0 Å².